The van der Waals surface area contributed by atoms with E-state index >= 15 is 0 Å². The molecule has 0 spiro atoms. The van der Waals surface area contributed by atoms with Crippen LogP contribution in [0.15, 0.2) is 0 Å². The van der Waals surface area contributed by atoms with E-state index in [0.717, 1.165) is 0 Å². The van der Waals surface area contributed by atoms with E-state index in [0.29, 0.717) is 7.11 Å². The van der Waals surface area contributed by atoms with Crippen LogP contribution < -0.4 is 0 Å². The highest BCUT2D eigenvalue weighted by atomic mass is 32.3. The zero-order valence-electron chi connectivity index (χ0n) is 7.59. The van der Waals surface area contributed by atoms with Gasteiger partial charge in [0.2, 0.25) is 0 Å². The van der Waals surface area contributed by atoms with Gasteiger partial charge < -0.3 is 0 Å². The fourth-order valence-electron chi connectivity index (χ4n) is 0.574. The summed E-state index contributed by atoms with van der Waals surface area (Å²) in [6, 6.07) is 0. The number of halogens is 6. The Balaban J connectivity index is 4.74. The Hall–Kier alpha value is -0.550. The van der Waals surface area contributed by atoms with Crippen molar-refractivity contribution in [2.24, 2.45) is 5.92 Å². The summed E-state index contributed by atoms with van der Waals surface area (Å²) in [7, 11) is -4.30. The van der Waals surface area contributed by atoms with Crippen molar-refractivity contribution in [1.82, 2.24) is 0 Å². The molecule has 0 radical (unpaired) electrons. The lowest BCUT2D eigenvalue weighted by Crippen LogP contribution is -2.40. The van der Waals surface area contributed by atoms with Crippen molar-refractivity contribution in [1.29, 1.82) is 0 Å². The van der Waals surface area contributed by atoms with Crippen molar-refractivity contribution in [3.05, 3.63) is 0 Å². The van der Waals surface area contributed by atoms with Gasteiger partial charge in [0, 0.05) is 0 Å². The lowest BCUT2D eigenvalue weighted by Gasteiger charge is -2.21. The maximum absolute atomic E-state index is 11.9. The Labute approximate surface area is 86.5 Å². The average Bonchev–Trinajstić information content (AvgIpc) is 1.99. The molecule has 0 bridgehead atoms. The number of rotatable bonds is 4. The normalized spacial score (nSPS) is 14.5. The van der Waals surface area contributed by atoms with E-state index in [4.69, 9.17) is 0 Å². The standard InChI is InChI=1S/C5H6F6O4S/c1-14-16(12,13)15-2-3(4(6,7)8)5(9,10)11/h3H,2H2,1H3. The molecule has 0 atom stereocenters. The highest BCUT2D eigenvalue weighted by Gasteiger charge is 2.57. The van der Waals surface area contributed by atoms with E-state index in [-0.39, 0.29) is 0 Å². The maximum Gasteiger partial charge on any atom is 0.402 e. The molecule has 0 saturated carbocycles. The summed E-state index contributed by atoms with van der Waals surface area (Å²) in [5.41, 5.74) is 0. The molecule has 0 aromatic rings. The third-order valence-electron chi connectivity index (χ3n) is 1.37. The Kier molecular flexibility index (Phi) is 4.59. The van der Waals surface area contributed by atoms with Crippen LogP contribution in [-0.2, 0) is 18.8 Å². The third kappa shape index (κ3) is 4.99. The first-order valence-electron chi connectivity index (χ1n) is 3.48. The van der Waals surface area contributed by atoms with Crippen molar-refractivity contribution >= 4 is 10.4 Å². The van der Waals surface area contributed by atoms with Crippen molar-refractivity contribution in [3.8, 4) is 0 Å². The predicted molar refractivity (Wildman–Crippen MR) is 37.5 cm³/mol. The smallest absolute Gasteiger partial charge is 0.252 e. The highest BCUT2D eigenvalue weighted by molar-refractivity contribution is 7.81. The lowest BCUT2D eigenvalue weighted by molar-refractivity contribution is -0.289. The van der Waals surface area contributed by atoms with Crippen LogP contribution in [-0.4, -0.2) is 34.5 Å². The van der Waals surface area contributed by atoms with Gasteiger partial charge in [-0.2, -0.15) is 34.8 Å². The van der Waals surface area contributed by atoms with Gasteiger partial charge in [0.1, 0.15) is 0 Å². The summed E-state index contributed by atoms with van der Waals surface area (Å²) in [6.45, 7) is -2.11. The largest absolute Gasteiger partial charge is 0.402 e. The Morgan fingerprint density at radius 2 is 1.44 bits per heavy atom. The molecule has 0 aromatic carbocycles. The van der Waals surface area contributed by atoms with Gasteiger partial charge in [-0.25, -0.2) is 4.18 Å². The summed E-state index contributed by atoms with van der Waals surface area (Å²) in [4.78, 5) is 0. The molecule has 0 aromatic heterocycles. The van der Waals surface area contributed by atoms with Gasteiger partial charge in [-0.1, -0.05) is 0 Å². The topological polar surface area (TPSA) is 52.6 Å². The van der Waals surface area contributed by atoms with E-state index < -0.39 is 35.3 Å². The molecule has 0 aliphatic carbocycles. The van der Waals surface area contributed by atoms with Crippen LogP contribution >= 0.6 is 0 Å². The summed E-state index contributed by atoms with van der Waals surface area (Å²) in [5, 5.41) is 0. The molecule has 11 heteroatoms. The first kappa shape index (κ1) is 15.4. The first-order chi connectivity index (χ1) is 6.90. The molecule has 0 aliphatic heterocycles. The summed E-state index contributed by atoms with van der Waals surface area (Å²) >= 11 is 0. The minimum absolute atomic E-state index is 0.533. The maximum atomic E-state index is 11.9. The predicted octanol–water partition coefficient (Wildman–Crippen LogP) is 1.64. The average molecular weight is 276 g/mol. The molecular formula is C5H6F6O4S. The van der Waals surface area contributed by atoms with Crippen LogP contribution in [0.2, 0.25) is 0 Å². The zero-order chi connectivity index (χ0) is 13.2. The molecule has 0 N–H and O–H groups in total. The number of hydrogen-bond acceptors (Lipinski definition) is 4. The number of alkyl halides is 6. The van der Waals surface area contributed by atoms with E-state index in [1.165, 1.54) is 0 Å². The Bertz CT molecular complexity index is 303. The van der Waals surface area contributed by atoms with Gasteiger partial charge in [0.25, 0.3) is 0 Å². The van der Waals surface area contributed by atoms with Crippen LogP contribution in [0.5, 0.6) is 0 Å². The second-order valence-electron chi connectivity index (χ2n) is 2.50. The number of hydrogen-bond donors (Lipinski definition) is 0. The van der Waals surface area contributed by atoms with E-state index in [1.807, 2.05) is 0 Å². The monoisotopic (exact) mass is 276 g/mol. The Morgan fingerprint density at radius 3 is 1.69 bits per heavy atom. The second kappa shape index (κ2) is 4.75. The minimum Gasteiger partial charge on any atom is -0.252 e. The zero-order valence-corrected chi connectivity index (χ0v) is 8.41. The molecule has 4 nitrogen and oxygen atoms in total. The fourth-order valence-corrected chi connectivity index (χ4v) is 0.973. The first-order valence-corrected chi connectivity index (χ1v) is 4.82. The van der Waals surface area contributed by atoms with Crippen molar-refractivity contribution < 1.29 is 43.1 Å². The third-order valence-corrected chi connectivity index (χ3v) is 2.21. The van der Waals surface area contributed by atoms with Gasteiger partial charge >= 0.3 is 22.8 Å². The van der Waals surface area contributed by atoms with Gasteiger partial charge in [-0.15, -0.1) is 0 Å². The van der Waals surface area contributed by atoms with E-state index in [2.05, 4.69) is 8.37 Å². The van der Waals surface area contributed by atoms with Crippen LogP contribution in [0.3, 0.4) is 0 Å². The molecule has 0 fully saturated rings. The molecule has 0 rings (SSSR count). The van der Waals surface area contributed by atoms with Crippen LogP contribution in [0.4, 0.5) is 26.3 Å². The molecule has 0 saturated heterocycles. The van der Waals surface area contributed by atoms with Gasteiger partial charge in [-0.05, 0) is 0 Å². The molecular weight excluding hydrogens is 270 g/mol. The summed E-state index contributed by atoms with van der Waals surface area (Å²) in [6.07, 6.45) is -11.3. The molecule has 98 valence electrons. The van der Waals surface area contributed by atoms with Crippen molar-refractivity contribution in [3.63, 3.8) is 0 Å². The van der Waals surface area contributed by atoms with Gasteiger partial charge in [0.15, 0.2) is 5.92 Å². The Morgan fingerprint density at radius 1 is 1.06 bits per heavy atom. The van der Waals surface area contributed by atoms with Crippen LogP contribution in [0, 0.1) is 5.92 Å². The highest BCUT2D eigenvalue weighted by Crippen LogP contribution is 2.39. The molecule has 16 heavy (non-hydrogen) atoms. The summed E-state index contributed by atoms with van der Waals surface area (Å²) < 4.78 is 98.8. The van der Waals surface area contributed by atoms with Crippen LogP contribution in [0.25, 0.3) is 0 Å². The van der Waals surface area contributed by atoms with Crippen molar-refractivity contribution in [2.75, 3.05) is 13.7 Å². The van der Waals surface area contributed by atoms with Gasteiger partial charge in [0.05, 0.1) is 13.7 Å². The van der Waals surface area contributed by atoms with E-state index in [9.17, 15) is 34.8 Å². The second-order valence-corrected chi connectivity index (χ2v) is 3.88. The SMILES string of the molecule is COS(=O)(=O)OCC(C(F)(F)F)C(F)(F)F. The molecule has 0 aliphatic rings. The van der Waals surface area contributed by atoms with E-state index in [1.54, 1.807) is 0 Å². The molecule has 0 amide bonds. The van der Waals surface area contributed by atoms with Gasteiger partial charge in [-0.3, -0.25) is 4.18 Å². The molecule has 0 heterocycles. The van der Waals surface area contributed by atoms with Crippen LogP contribution in [0.1, 0.15) is 0 Å². The minimum atomic E-state index is -5.65. The summed E-state index contributed by atoms with van der Waals surface area (Å²) in [5.74, 6) is -3.88. The fraction of sp³-hybridized carbons (Fsp3) is 1.00. The van der Waals surface area contributed by atoms with Crippen molar-refractivity contribution in [2.45, 2.75) is 12.4 Å². The molecule has 0 unspecified atom stereocenters. The quantitative estimate of drug-likeness (QED) is 0.732. The lowest BCUT2D eigenvalue weighted by atomic mass is 10.1.